The number of carbonyl (C=O) groups is 1. The maximum Gasteiger partial charge on any atom is 0.261 e. The number of thiophene rings is 1. The molecule has 0 spiro atoms. The second kappa shape index (κ2) is 7.11. The number of nitrogens with one attached hydrogen (secondary N) is 1. The van der Waals surface area contributed by atoms with Gasteiger partial charge in [0, 0.05) is 23.7 Å². The maximum atomic E-state index is 11.9. The first-order valence-corrected chi connectivity index (χ1v) is 9.33. The third kappa shape index (κ3) is 2.84. The van der Waals surface area contributed by atoms with E-state index < -0.39 is 31.1 Å². The van der Waals surface area contributed by atoms with E-state index in [1.807, 2.05) is 0 Å². The van der Waals surface area contributed by atoms with Crippen LogP contribution in [0.2, 0.25) is 0 Å². The number of hydrogen-bond acceptors (Lipinski definition) is 9. The highest BCUT2D eigenvalue weighted by molar-refractivity contribution is 7.17. The van der Waals surface area contributed by atoms with Crippen molar-refractivity contribution in [1.82, 2.24) is 19.9 Å². The maximum absolute atomic E-state index is 11.9. The van der Waals surface area contributed by atoms with Gasteiger partial charge >= 0.3 is 0 Å². The van der Waals surface area contributed by atoms with Crippen molar-refractivity contribution in [2.45, 2.75) is 24.5 Å². The highest BCUT2D eigenvalue weighted by Crippen LogP contribution is 2.40. The number of amides is 1. The molecule has 0 radical (unpaired) electrons. The van der Waals surface area contributed by atoms with Crippen molar-refractivity contribution < 1.29 is 24.9 Å². The molecule has 4 rings (SSSR count). The third-order valence-electron chi connectivity index (χ3n) is 4.75. The normalized spacial score (nSPS) is 24.7. The Bertz CT molecular complexity index is 1030. The molecule has 148 valence electrons. The number of ether oxygens (including phenoxy) is 1. The van der Waals surface area contributed by atoms with Crippen LogP contribution in [-0.4, -0.2) is 67.7 Å². The Balaban J connectivity index is 1.85. The smallest absolute Gasteiger partial charge is 0.261 e. The lowest BCUT2D eigenvalue weighted by atomic mass is 10.1. The first-order valence-electron chi connectivity index (χ1n) is 8.52. The van der Waals surface area contributed by atoms with Crippen LogP contribution in [0.4, 0.5) is 5.82 Å². The fourth-order valence-electron chi connectivity index (χ4n) is 3.33. The monoisotopic (exact) mass is 405 g/mol. The van der Waals surface area contributed by atoms with Gasteiger partial charge in [0.15, 0.2) is 6.23 Å². The van der Waals surface area contributed by atoms with Gasteiger partial charge in [-0.3, -0.25) is 4.79 Å². The van der Waals surface area contributed by atoms with Crippen LogP contribution < -0.4 is 11.1 Å². The number of fused-ring (bicyclic) bond motifs is 1. The fourth-order valence-corrected chi connectivity index (χ4v) is 4.30. The number of aromatic nitrogens is 3. The van der Waals surface area contributed by atoms with Crippen molar-refractivity contribution in [2.75, 3.05) is 19.4 Å². The average Bonchev–Trinajstić information content (AvgIpc) is 3.39. The summed E-state index contributed by atoms with van der Waals surface area (Å²) in [6.07, 6.45) is -1.39. The van der Waals surface area contributed by atoms with Gasteiger partial charge in [-0.05, 0) is 12.1 Å². The number of nitrogens with zero attached hydrogens (tertiary/aromatic N) is 3. The number of nitrogens with two attached hydrogens (primary N) is 1. The molecule has 3 aromatic heterocycles. The summed E-state index contributed by atoms with van der Waals surface area (Å²) in [4.78, 5) is 21.5. The predicted molar refractivity (Wildman–Crippen MR) is 102 cm³/mol. The van der Waals surface area contributed by atoms with Crippen LogP contribution in [-0.2, 0) is 4.74 Å². The van der Waals surface area contributed by atoms with Crippen LogP contribution >= 0.6 is 11.3 Å². The number of hydrogen-bond donors (Lipinski definition) is 5. The molecule has 1 aliphatic rings. The Hall–Kier alpha value is -2.57. The third-order valence-corrected chi connectivity index (χ3v) is 5.87. The number of aliphatic hydroxyl groups excluding tert-OH is 3. The molecule has 4 atom stereocenters. The number of rotatable bonds is 4. The van der Waals surface area contributed by atoms with E-state index in [1.54, 1.807) is 29.9 Å². The minimum atomic E-state index is -1.26. The summed E-state index contributed by atoms with van der Waals surface area (Å²) in [7, 11) is 1.56. The van der Waals surface area contributed by atoms with Crippen molar-refractivity contribution in [3.8, 4) is 10.4 Å². The van der Waals surface area contributed by atoms with Crippen LogP contribution in [0.15, 0.2) is 24.7 Å². The Morgan fingerprint density at radius 3 is 2.82 bits per heavy atom. The van der Waals surface area contributed by atoms with Crippen molar-refractivity contribution in [1.29, 1.82) is 0 Å². The van der Waals surface area contributed by atoms with Gasteiger partial charge in [0.2, 0.25) is 0 Å². The molecule has 10 nitrogen and oxygen atoms in total. The lowest BCUT2D eigenvalue weighted by molar-refractivity contribution is -0.0508. The molecule has 0 aromatic carbocycles. The summed E-state index contributed by atoms with van der Waals surface area (Å²) in [5, 5.41) is 33.0. The standard InChI is InChI=1S/C17H19N5O5S/c1-19-16(26)10-3-2-9(28-10)7-4-22(15-11(7)14(18)20-6-21-15)17-13(25)12(24)8(5-23)27-17/h2-4,6,8,12-13,17,23-25H,5H2,1H3,(H,19,26)(H2,18,20,21)/t8?,12?,13-,17-/m1/s1. The zero-order valence-electron chi connectivity index (χ0n) is 14.8. The Morgan fingerprint density at radius 1 is 1.36 bits per heavy atom. The van der Waals surface area contributed by atoms with Gasteiger partial charge in [-0.1, -0.05) is 0 Å². The van der Waals surface area contributed by atoms with Gasteiger partial charge < -0.3 is 35.7 Å². The first kappa shape index (κ1) is 18.8. The number of anilines is 1. The summed E-state index contributed by atoms with van der Waals surface area (Å²) in [5.41, 5.74) is 7.16. The minimum absolute atomic E-state index is 0.201. The Kier molecular flexibility index (Phi) is 4.77. The zero-order chi connectivity index (χ0) is 20.0. The van der Waals surface area contributed by atoms with E-state index in [4.69, 9.17) is 10.5 Å². The van der Waals surface area contributed by atoms with Gasteiger partial charge in [-0.25, -0.2) is 9.97 Å². The van der Waals surface area contributed by atoms with Gasteiger partial charge in [0.1, 0.15) is 36.1 Å². The predicted octanol–water partition coefficient (Wildman–Crippen LogP) is -0.287. The molecule has 0 bridgehead atoms. The molecule has 6 N–H and O–H groups in total. The molecule has 0 saturated carbocycles. The molecule has 2 unspecified atom stereocenters. The zero-order valence-corrected chi connectivity index (χ0v) is 15.6. The number of nitrogen functional groups attached to an aromatic ring is 1. The van der Waals surface area contributed by atoms with Gasteiger partial charge in [0.05, 0.1) is 16.9 Å². The fraction of sp³-hybridized carbons (Fsp3) is 0.353. The number of aliphatic hydroxyl groups is 3. The topological polar surface area (TPSA) is 156 Å². The Labute approximate surface area is 163 Å². The second-order valence-electron chi connectivity index (χ2n) is 6.38. The van der Waals surface area contributed by atoms with E-state index in [-0.39, 0.29) is 11.7 Å². The first-order chi connectivity index (χ1) is 13.5. The molecule has 3 aromatic rings. The van der Waals surface area contributed by atoms with Crippen molar-refractivity contribution >= 4 is 34.1 Å². The van der Waals surface area contributed by atoms with E-state index in [0.717, 1.165) is 4.88 Å². The van der Waals surface area contributed by atoms with Crippen LogP contribution in [0.5, 0.6) is 0 Å². The minimum Gasteiger partial charge on any atom is -0.394 e. The van der Waals surface area contributed by atoms with E-state index in [0.29, 0.717) is 21.5 Å². The van der Waals surface area contributed by atoms with Crippen LogP contribution in [0.1, 0.15) is 15.9 Å². The molecular weight excluding hydrogens is 386 g/mol. The lowest BCUT2D eigenvalue weighted by Gasteiger charge is -2.17. The van der Waals surface area contributed by atoms with Crippen LogP contribution in [0.25, 0.3) is 21.5 Å². The highest BCUT2D eigenvalue weighted by atomic mass is 32.1. The molecule has 1 aliphatic heterocycles. The quantitative estimate of drug-likeness (QED) is 0.397. The summed E-state index contributed by atoms with van der Waals surface area (Å²) < 4.78 is 7.19. The van der Waals surface area contributed by atoms with E-state index in [9.17, 15) is 20.1 Å². The molecule has 28 heavy (non-hydrogen) atoms. The SMILES string of the molecule is CNC(=O)c1ccc(-c2cn([C@@H]3OC(CO)C(O)[C@H]3O)c3ncnc(N)c23)s1. The summed E-state index contributed by atoms with van der Waals surface area (Å²) in [6.45, 7) is -0.432. The molecule has 0 aliphatic carbocycles. The molecule has 4 heterocycles. The second-order valence-corrected chi connectivity index (χ2v) is 7.46. The highest BCUT2D eigenvalue weighted by Gasteiger charge is 2.44. The average molecular weight is 405 g/mol. The lowest BCUT2D eigenvalue weighted by Crippen LogP contribution is -2.33. The van der Waals surface area contributed by atoms with Crippen molar-refractivity contribution in [3.63, 3.8) is 0 Å². The van der Waals surface area contributed by atoms with Crippen molar-refractivity contribution in [3.05, 3.63) is 29.5 Å². The number of carbonyl (C=O) groups excluding carboxylic acids is 1. The van der Waals surface area contributed by atoms with E-state index in [2.05, 4.69) is 15.3 Å². The molecular formula is C17H19N5O5S. The Morgan fingerprint density at radius 2 is 2.14 bits per heavy atom. The summed E-state index contributed by atoms with van der Waals surface area (Å²) in [5.74, 6) is 0.0352. The summed E-state index contributed by atoms with van der Waals surface area (Å²) >= 11 is 1.28. The van der Waals surface area contributed by atoms with Crippen LogP contribution in [0.3, 0.4) is 0 Å². The van der Waals surface area contributed by atoms with Gasteiger partial charge in [0.25, 0.3) is 5.91 Å². The largest absolute Gasteiger partial charge is 0.394 e. The van der Waals surface area contributed by atoms with Gasteiger partial charge in [-0.2, -0.15) is 0 Å². The molecule has 1 fully saturated rings. The van der Waals surface area contributed by atoms with Gasteiger partial charge in [-0.15, -0.1) is 11.3 Å². The summed E-state index contributed by atoms with van der Waals surface area (Å²) in [6, 6.07) is 3.49. The van der Waals surface area contributed by atoms with Crippen LogP contribution in [0, 0.1) is 0 Å². The molecule has 11 heteroatoms. The molecule has 1 amide bonds. The molecule has 1 saturated heterocycles. The van der Waals surface area contributed by atoms with E-state index in [1.165, 1.54) is 17.7 Å². The van der Waals surface area contributed by atoms with Crippen molar-refractivity contribution in [2.24, 2.45) is 0 Å². The van der Waals surface area contributed by atoms with E-state index >= 15 is 0 Å².